The maximum absolute atomic E-state index is 7.10. The minimum atomic E-state index is -1.98. The Morgan fingerprint density at radius 3 is 2.19 bits per heavy atom. The molecule has 2 fully saturated rings. The fraction of sp³-hybridized carbons (Fsp3) is 0.805. The van der Waals surface area contributed by atoms with Gasteiger partial charge in [0, 0.05) is 13.5 Å². The predicted molar refractivity (Wildman–Crippen MR) is 207 cm³/mol. The second-order valence-corrected chi connectivity index (χ2v) is 28.6. The molecule has 0 aromatic heterocycles. The average Bonchev–Trinajstić information content (AvgIpc) is 3.28. The second kappa shape index (κ2) is 15.2. The highest BCUT2D eigenvalue weighted by Gasteiger charge is 2.47. The SMILES string of the molecule is C=C1/C(=C\C=C2/CCC[C@]3(C)C([C@@H](C)CCCC(C)(C)OCOC)=CC[C@@H]23)C[C@@H](O[Si](C)(C)C(C)(C)C)C[C@@H]1O[Si](C)(C)C(C)(C)C. The quantitative estimate of drug-likeness (QED) is 0.110. The van der Waals surface area contributed by atoms with E-state index in [2.05, 4.69) is 114 Å². The Kier molecular flexibility index (Phi) is 13.2. The molecule has 0 heterocycles. The van der Waals surface area contributed by atoms with E-state index >= 15 is 0 Å². The van der Waals surface area contributed by atoms with Crippen molar-refractivity contribution in [3.63, 3.8) is 0 Å². The van der Waals surface area contributed by atoms with Gasteiger partial charge in [0.25, 0.3) is 0 Å². The maximum atomic E-state index is 7.10. The van der Waals surface area contributed by atoms with Gasteiger partial charge in [-0.25, -0.2) is 0 Å². The van der Waals surface area contributed by atoms with E-state index in [1.54, 1.807) is 18.3 Å². The standard InChI is InChI=1S/C41H74O4Si2/c1-30(19-17-25-40(9,10)43-29-42-12)35-23-24-36-32(20-18-26-41(35,36)11)21-22-33-27-34(44-46(13,14)38(3,4)5)28-37(31(33)2)45-47(15,16)39(6,7)8/h21-23,30,34,36-37H,2,17-20,24-29H2,1,3-16H3/b32-21+,33-22-/t30-,34+,36-,37-,41+/m0/s1. The van der Waals surface area contributed by atoms with Gasteiger partial charge in [-0.15, -0.1) is 0 Å². The summed E-state index contributed by atoms with van der Waals surface area (Å²) in [5, 5.41) is 0.325. The number of hydrogen-bond donors (Lipinski definition) is 0. The molecule has 270 valence electrons. The smallest absolute Gasteiger partial charge is 0.192 e. The molecule has 0 saturated heterocycles. The number of fused-ring (bicyclic) bond motifs is 1. The van der Waals surface area contributed by atoms with E-state index in [-0.39, 0.29) is 33.3 Å². The van der Waals surface area contributed by atoms with Crippen LogP contribution in [0.15, 0.2) is 47.1 Å². The van der Waals surface area contributed by atoms with Crippen LogP contribution in [0.3, 0.4) is 0 Å². The summed E-state index contributed by atoms with van der Waals surface area (Å²) < 4.78 is 25.3. The lowest BCUT2D eigenvalue weighted by Gasteiger charge is -2.45. The monoisotopic (exact) mass is 687 g/mol. The topological polar surface area (TPSA) is 36.9 Å². The number of rotatable bonds is 13. The van der Waals surface area contributed by atoms with E-state index in [1.807, 2.05) is 0 Å². The highest BCUT2D eigenvalue weighted by Crippen LogP contribution is 2.57. The minimum Gasteiger partial charge on any atom is -0.413 e. The van der Waals surface area contributed by atoms with Crippen LogP contribution < -0.4 is 0 Å². The highest BCUT2D eigenvalue weighted by atomic mass is 28.4. The molecule has 3 aliphatic carbocycles. The van der Waals surface area contributed by atoms with E-state index < -0.39 is 16.6 Å². The fourth-order valence-electron chi connectivity index (χ4n) is 7.66. The van der Waals surface area contributed by atoms with Gasteiger partial charge in [0.05, 0.1) is 17.8 Å². The van der Waals surface area contributed by atoms with E-state index in [4.69, 9.17) is 24.9 Å². The van der Waals surface area contributed by atoms with Crippen molar-refractivity contribution in [3.05, 3.63) is 47.1 Å². The number of allylic oxidation sites excluding steroid dienone is 5. The van der Waals surface area contributed by atoms with Gasteiger partial charge in [0.2, 0.25) is 0 Å². The molecular weight excluding hydrogens is 613 g/mol. The van der Waals surface area contributed by atoms with Gasteiger partial charge in [-0.3, -0.25) is 0 Å². The lowest BCUT2D eigenvalue weighted by Crippen LogP contribution is -2.49. The molecule has 3 aliphatic rings. The van der Waals surface area contributed by atoms with Crippen molar-refractivity contribution in [2.45, 2.75) is 181 Å². The van der Waals surface area contributed by atoms with Crippen LogP contribution in [0.2, 0.25) is 36.3 Å². The summed E-state index contributed by atoms with van der Waals surface area (Å²) in [4.78, 5) is 0. The zero-order chi connectivity index (χ0) is 35.6. The van der Waals surface area contributed by atoms with Crippen LogP contribution in [-0.4, -0.2) is 48.3 Å². The molecule has 3 rings (SSSR count). The number of hydrogen-bond acceptors (Lipinski definition) is 4. The first-order valence-corrected chi connectivity index (χ1v) is 24.5. The summed E-state index contributed by atoms with van der Waals surface area (Å²) in [5.74, 6) is 1.20. The third-order valence-corrected chi connectivity index (χ3v) is 21.9. The largest absolute Gasteiger partial charge is 0.413 e. The van der Waals surface area contributed by atoms with Crippen LogP contribution in [0, 0.1) is 17.3 Å². The Balaban J connectivity index is 1.82. The molecule has 0 N–H and O–H groups in total. The zero-order valence-corrected chi connectivity index (χ0v) is 35.5. The lowest BCUT2D eigenvalue weighted by molar-refractivity contribution is -0.117. The molecule has 0 aliphatic heterocycles. The van der Waals surface area contributed by atoms with Crippen LogP contribution in [-0.2, 0) is 18.3 Å². The number of ether oxygens (including phenoxy) is 2. The molecule has 5 atom stereocenters. The summed E-state index contributed by atoms with van der Waals surface area (Å²) >= 11 is 0. The summed E-state index contributed by atoms with van der Waals surface area (Å²) in [6.45, 7) is 38.0. The zero-order valence-electron chi connectivity index (χ0n) is 33.5. The van der Waals surface area contributed by atoms with Gasteiger partial charge in [0.1, 0.15) is 6.79 Å². The molecule has 0 unspecified atom stereocenters. The van der Waals surface area contributed by atoms with Gasteiger partial charge in [-0.2, -0.15) is 0 Å². The highest BCUT2D eigenvalue weighted by molar-refractivity contribution is 6.74. The first kappa shape index (κ1) is 40.7. The molecule has 47 heavy (non-hydrogen) atoms. The average molecular weight is 687 g/mol. The Morgan fingerprint density at radius 1 is 0.979 bits per heavy atom. The molecular formula is C41H74O4Si2. The van der Waals surface area contributed by atoms with Crippen molar-refractivity contribution in [3.8, 4) is 0 Å². The lowest BCUT2D eigenvalue weighted by atomic mass is 9.62. The second-order valence-electron chi connectivity index (χ2n) is 19.1. The Morgan fingerprint density at radius 2 is 1.60 bits per heavy atom. The van der Waals surface area contributed by atoms with Gasteiger partial charge in [-0.1, -0.05) is 97.8 Å². The van der Waals surface area contributed by atoms with Gasteiger partial charge < -0.3 is 18.3 Å². The summed E-state index contributed by atoms with van der Waals surface area (Å²) in [5.41, 5.74) is 5.95. The van der Waals surface area contributed by atoms with E-state index in [1.165, 1.54) is 49.7 Å². The Labute approximate surface area is 293 Å². The molecule has 0 aromatic rings. The normalized spacial score (nSPS) is 29.0. The molecule has 0 bridgehead atoms. The molecule has 6 heteroatoms. The van der Waals surface area contributed by atoms with Crippen molar-refractivity contribution >= 4 is 16.6 Å². The molecule has 0 amide bonds. The van der Waals surface area contributed by atoms with Crippen molar-refractivity contribution in [1.82, 2.24) is 0 Å². The van der Waals surface area contributed by atoms with Crippen molar-refractivity contribution < 1.29 is 18.3 Å². The molecule has 0 spiro atoms. The van der Waals surface area contributed by atoms with Gasteiger partial charge >= 0.3 is 0 Å². The van der Waals surface area contributed by atoms with Crippen molar-refractivity contribution in [2.24, 2.45) is 17.3 Å². The minimum absolute atomic E-state index is 0.0196. The first-order valence-electron chi connectivity index (χ1n) is 18.7. The molecule has 0 radical (unpaired) electrons. The maximum Gasteiger partial charge on any atom is 0.192 e. The predicted octanol–water partition coefficient (Wildman–Crippen LogP) is 12.3. The molecule has 0 aromatic carbocycles. The van der Waals surface area contributed by atoms with Crippen LogP contribution in [0.5, 0.6) is 0 Å². The van der Waals surface area contributed by atoms with Gasteiger partial charge in [-0.05, 0) is 123 Å². The summed E-state index contributed by atoms with van der Waals surface area (Å²) in [6.07, 6.45) is 17.9. The van der Waals surface area contributed by atoms with E-state index in [0.29, 0.717) is 18.6 Å². The van der Waals surface area contributed by atoms with Gasteiger partial charge in [0.15, 0.2) is 16.6 Å². The van der Waals surface area contributed by atoms with E-state index in [9.17, 15) is 0 Å². The Hall–Kier alpha value is -0.766. The van der Waals surface area contributed by atoms with Crippen LogP contribution in [0.25, 0.3) is 0 Å². The van der Waals surface area contributed by atoms with Crippen LogP contribution in [0.1, 0.15) is 127 Å². The van der Waals surface area contributed by atoms with Crippen molar-refractivity contribution in [1.29, 1.82) is 0 Å². The summed E-state index contributed by atoms with van der Waals surface area (Å²) in [7, 11) is -2.22. The summed E-state index contributed by atoms with van der Waals surface area (Å²) in [6, 6.07) is 0. The van der Waals surface area contributed by atoms with E-state index in [0.717, 1.165) is 19.3 Å². The third-order valence-electron chi connectivity index (χ3n) is 12.9. The third kappa shape index (κ3) is 9.94. The fourth-order valence-corrected chi connectivity index (χ4v) is 10.3. The Bertz CT molecular complexity index is 1180. The molecule has 2 saturated carbocycles. The number of methoxy groups -OCH3 is 1. The van der Waals surface area contributed by atoms with Crippen molar-refractivity contribution in [2.75, 3.05) is 13.9 Å². The first-order chi connectivity index (χ1) is 21.4. The van der Waals surface area contributed by atoms with Crippen LogP contribution >= 0.6 is 0 Å². The van der Waals surface area contributed by atoms with Crippen LogP contribution in [0.4, 0.5) is 0 Å². The molecule has 4 nitrogen and oxygen atoms in total.